The van der Waals surface area contributed by atoms with Crippen LogP contribution in [-0.2, 0) is 22.6 Å². The number of nitrogens with one attached hydrogen (secondary N) is 2. The highest BCUT2D eigenvalue weighted by molar-refractivity contribution is 5.95. The van der Waals surface area contributed by atoms with Crippen LogP contribution in [0.2, 0.25) is 0 Å². The number of benzene rings is 3. The molecule has 4 aromatic rings. The number of carbonyl (C=O) groups is 2. The van der Waals surface area contributed by atoms with Gasteiger partial charge in [-0.1, -0.05) is 50.2 Å². The smallest absolute Gasteiger partial charge is 0.279 e. The van der Waals surface area contributed by atoms with Crippen LogP contribution in [0.15, 0.2) is 77.6 Å². The lowest BCUT2D eigenvalue weighted by Crippen LogP contribution is -2.27. The van der Waals surface area contributed by atoms with Crippen LogP contribution >= 0.6 is 0 Å². The van der Waals surface area contributed by atoms with E-state index in [2.05, 4.69) is 10.6 Å². The van der Waals surface area contributed by atoms with E-state index in [0.29, 0.717) is 28.7 Å². The van der Waals surface area contributed by atoms with Gasteiger partial charge in [0.15, 0.2) is 0 Å². The van der Waals surface area contributed by atoms with Crippen molar-refractivity contribution in [2.45, 2.75) is 33.2 Å². The summed E-state index contributed by atoms with van der Waals surface area (Å²) < 4.78 is 3.17. The van der Waals surface area contributed by atoms with Gasteiger partial charge in [-0.2, -0.15) is 0 Å². The summed E-state index contributed by atoms with van der Waals surface area (Å²) in [5.41, 5.74) is 3.35. The maximum absolute atomic E-state index is 13.4. The fourth-order valence-corrected chi connectivity index (χ4v) is 3.85. The minimum absolute atomic E-state index is 0.0493. The first-order valence-corrected chi connectivity index (χ1v) is 11.0. The number of amides is 2. The number of hydrogen-bond donors (Lipinski definition) is 2. The zero-order chi connectivity index (χ0) is 23.4. The van der Waals surface area contributed by atoms with E-state index < -0.39 is 0 Å². The Morgan fingerprint density at radius 3 is 2.30 bits per heavy atom. The van der Waals surface area contributed by atoms with Crippen molar-refractivity contribution in [3.8, 4) is 5.69 Å². The molecule has 168 valence electrons. The lowest BCUT2D eigenvalue weighted by Gasteiger charge is -2.14. The lowest BCUT2D eigenvalue weighted by molar-refractivity contribution is -0.117. The highest BCUT2D eigenvalue weighted by Gasteiger charge is 2.18. The minimum atomic E-state index is -0.259. The topological polar surface area (TPSA) is 85.1 Å². The molecule has 0 radical (unpaired) electrons. The molecule has 0 aliphatic heterocycles. The molecule has 4 rings (SSSR count). The molecule has 0 bridgehead atoms. The average Bonchev–Trinajstić information content (AvgIpc) is 3.10. The van der Waals surface area contributed by atoms with Crippen molar-refractivity contribution in [2.24, 2.45) is 0 Å². The third kappa shape index (κ3) is 4.57. The van der Waals surface area contributed by atoms with Crippen molar-refractivity contribution in [3.05, 3.63) is 88.7 Å². The first kappa shape index (κ1) is 22.1. The molecule has 0 saturated carbocycles. The van der Waals surface area contributed by atoms with Gasteiger partial charge in [-0.25, -0.2) is 4.68 Å². The number of aryl methyl sites for hydroxylation is 1. The fraction of sp³-hybridized carbons (Fsp3) is 0.192. The summed E-state index contributed by atoms with van der Waals surface area (Å²) in [6, 6.07) is 22.0. The summed E-state index contributed by atoms with van der Waals surface area (Å²) in [4.78, 5) is 38.2. The van der Waals surface area contributed by atoms with E-state index in [1.807, 2.05) is 61.5 Å². The number of nitrogens with zero attached hydrogens (tertiary/aromatic N) is 2. The van der Waals surface area contributed by atoms with Gasteiger partial charge in [0.1, 0.15) is 6.54 Å². The zero-order valence-electron chi connectivity index (χ0n) is 18.7. The Morgan fingerprint density at radius 1 is 0.848 bits per heavy atom. The van der Waals surface area contributed by atoms with Crippen LogP contribution in [-0.4, -0.2) is 21.2 Å². The van der Waals surface area contributed by atoms with Gasteiger partial charge in [-0.15, -0.1) is 0 Å². The van der Waals surface area contributed by atoms with Gasteiger partial charge < -0.3 is 10.6 Å². The van der Waals surface area contributed by atoms with Crippen LogP contribution in [0.4, 0.5) is 11.4 Å². The highest BCUT2D eigenvalue weighted by atomic mass is 16.2. The van der Waals surface area contributed by atoms with Crippen LogP contribution in [0.3, 0.4) is 0 Å². The molecule has 0 spiro atoms. The van der Waals surface area contributed by atoms with Crippen molar-refractivity contribution in [2.75, 3.05) is 10.6 Å². The van der Waals surface area contributed by atoms with E-state index >= 15 is 0 Å². The number of anilines is 2. The SMILES string of the molecule is CCC(=O)Nc1ccc2c(c1)c(=O)n(-c1ccccc1)n2CC(=O)Nc1ccccc1CC. The standard InChI is InChI=1S/C26H26N4O3/c1-3-18-10-8-9-13-22(18)28-25(32)17-29-23-15-14-19(27-24(31)4-2)16-21(23)26(33)30(29)20-11-6-5-7-12-20/h5-16H,3-4,17H2,1-2H3,(H,27,31)(H,28,32). The Kier molecular flexibility index (Phi) is 6.40. The first-order valence-electron chi connectivity index (χ1n) is 11.0. The number of fused-ring (bicyclic) bond motifs is 1. The van der Waals surface area contributed by atoms with Crippen LogP contribution in [0.5, 0.6) is 0 Å². The summed E-state index contributed by atoms with van der Waals surface area (Å²) >= 11 is 0. The molecule has 0 fully saturated rings. The van der Waals surface area contributed by atoms with Gasteiger partial charge in [-0.05, 0) is 48.4 Å². The summed E-state index contributed by atoms with van der Waals surface area (Å²) in [6.45, 7) is 3.75. The second kappa shape index (κ2) is 9.56. The predicted molar refractivity (Wildman–Crippen MR) is 131 cm³/mol. The molecule has 0 atom stereocenters. The van der Waals surface area contributed by atoms with E-state index in [-0.39, 0.29) is 23.9 Å². The molecule has 3 aromatic carbocycles. The first-order chi connectivity index (χ1) is 16.0. The second-order valence-corrected chi connectivity index (χ2v) is 7.70. The number of aromatic nitrogens is 2. The largest absolute Gasteiger partial charge is 0.326 e. The third-order valence-electron chi connectivity index (χ3n) is 5.51. The van der Waals surface area contributed by atoms with E-state index in [1.165, 1.54) is 4.68 Å². The van der Waals surface area contributed by atoms with Crippen LogP contribution < -0.4 is 16.2 Å². The molecule has 33 heavy (non-hydrogen) atoms. The molecule has 2 amide bonds. The second-order valence-electron chi connectivity index (χ2n) is 7.70. The Labute approximate surface area is 191 Å². The molecule has 0 aliphatic rings. The molecule has 0 aliphatic carbocycles. The number of para-hydroxylation sites is 2. The Bertz CT molecular complexity index is 1370. The van der Waals surface area contributed by atoms with Gasteiger partial charge in [0.2, 0.25) is 11.8 Å². The monoisotopic (exact) mass is 442 g/mol. The Morgan fingerprint density at radius 2 is 1.58 bits per heavy atom. The van der Waals surface area contributed by atoms with Crippen LogP contribution in [0.25, 0.3) is 16.6 Å². The van der Waals surface area contributed by atoms with Gasteiger partial charge in [-0.3, -0.25) is 19.1 Å². The van der Waals surface area contributed by atoms with E-state index in [1.54, 1.807) is 29.8 Å². The summed E-state index contributed by atoms with van der Waals surface area (Å²) in [5, 5.41) is 6.19. The van der Waals surface area contributed by atoms with Gasteiger partial charge in [0.05, 0.1) is 16.6 Å². The highest BCUT2D eigenvalue weighted by Crippen LogP contribution is 2.21. The van der Waals surface area contributed by atoms with Crippen molar-refractivity contribution in [1.29, 1.82) is 0 Å². The lowest BCUT2D eigenvalue weighted by atomic mass is 10.1. The average molecular weight is 443 g/mol. The van der Waals surface area contributed by atoms with E-state index in [0.717, 1.165) is 17.7 Å². The van der Waals surface area contributed by atoms with Crippen LogP contribution in [0.1, 0.15) is 25.8 Å². The predicted octanol–water partition coefficient (Wildman–Crippen LogP) is 4.34. The number of rotatable bonds is 7. The van der Waals surface area contributed by atoms with E-state index in [9.17, 15) is 14.4 Å². The molecule has 1 aromatic heterocycles. The minimum Gasteiger partial charge on any atom is -0.326 e. The molecule has 7 heteroatoms. The number of carbonyl (C=O) groups excluding carboxylic acids is 2. The molecule has 7 nitrogen and oxygen atoms in total. The molecule has 0 unspecified atom stereocenters. The zero-order valence-corrected chi connectivity index (χ0v) is 18.7. The number of hydrogen-bond acceptors (Lipinski definition) is 3. The van der Waals surface area contributed by atoms with Crippen molar-refractivity contribution >= 4 is 34.1 Å². The van der Waals surface area contributed by atoms with Gasteiger partial charge in [0.25, 0.3) is 5.56 Å². The molecule has 0 saturated heterocycles. The molecule has 1 heterocycles. The van der Waals surface area contributed by atoms with Crippen molar-refractivity contribution < 1.29 is 9.59 Å². The van der Waals surface area contributed by atoms with Crippen molar-refractivity contribution in [1.82, 2.24) is 9.36 Å². The van der Waals surface area contributed by atoms with Crippen LogP contribution in [0, 0.1) is 0 Å². The Balaban J connectivity index is 1.77. The maximum atomic E-state index is 13.4. The Hall–Kier alpha value is -4.13. The molecule has 2 N–H and O–H groups in total. The quantitative estimate of drug-likeness (QED) is 0.446. The van der Waals surface area contributed by atoms with Gasteiger partial charge in [0, 0.05) is 17.8 Å². The molecular weight excluding hydrogens is 416 g/mol. The van der Waals surface area contributed by atoms with Gasteiger partial charge >= 0.3 is 0 Å². The van der Waals surface area contributed by atoms with Crippen molar-refractivity contribution in [3.63, 3.8) is 0 Å². The maximum Gasteiger partial charge on any atom is 0.279 e. The normalized spacial score (nSPS) is 10.8. The fourth-order valence-electron chi connectivity index (χ4n) is 3.85. The summed E-state index contributed by atoms with van der Waals surface area (Å²) in [5.74, 6) is -0.369. The third-order valence-corrected chi connectivity index (χ3v) is 5.51. The summed E-state index contributed by atoms with van der Waals surface area (Å²) in [7, 11) is 0. The van der Waals surface area contributed by atoms with E-state index in [4.69, 9.17) is 0 Å². The summed E-state index contributed by atoms with van der Waals surface area (Å²) in [6.07, 6.45) is 1.14. The molecular formula is C26H26N4O3.